The van der Waals surface area contributed by atoms with Crippen LogP contribution in [0.5, 0.6) is 11.5 Å². The van der Waals surface area contributed by atoms with Crippen molar-refractivity contribution in [2.45, 2.75) is 18.2 Å². The number of carbonyl (C=O) groups excluding carboxylic acids is 1. The molecule has 0 unspecified atom stereocenters. The second-order valence-electron chi connectivity index (χ2n) is 7.98. The monoisotopic (exact) mass is 450 g/mol. The van der Waals surface area contributed by atoms with E-state index in [4.69, 9.17) is 9.47 Å². The van der Waals surface area contributed by atoms with Crippen LogP contribution in [0.1, 0.15) is 16.1 Å². The number of ether oxygens (including phenoxy) is 2. The molecule has 1 aliphatic rings. The summed E-state index contributed by atoms with van der Waals surface area (Å²) < 4.78 is 11.3. The molecule has 1 fully saturated rings. The highest BCUT2D eigenvalue weighted by Gasteiger charge is 2.44. The molecule has 0 radical (unpaired) electrons. The van der Waals surface area contributed by atoms with Gasteiger partial charge in [-0.05, 0) is 31.8 Å². The van der Waals surface area contributed by atoms with Gasteiger partial charge < -0.3 is 29.9 Å². The number of rotatable bonds is 10. The van der Waals surface area contributed by atoms with E-state index in [-0.39, 0.29) is 19.0 Å². The second-order valence-corrected chi connectivity index (χ2v) is 8.70. The SMILES string of the molecule is COc1cc(CN2C[C@@H](O)[C@](O)(CNC(=O)c3cscn3)C2)ccc1OCCN(C)C. The number of hydrogen-bond acceptors (Lipinski definition) is 9. The van der Waals surface area contributed by atoms with Gasteiger partial charge in [-0.3, -0.25) is 9.69 Å². The molecular weight excluding hydrogens is 420 g/mol. The lowest BCUT2D eigenvalue weighted by Crippen LogP contribution is -2.51. The number of aromatic nitrogens is 1. The minimum absolute atomic E-state index is 0.0526. The standard InChI is InChI=1S/C21H30N4O5S/c1-24(2)6-7-30-17-5-4-15(8-18(17)29-3)9-25-10-19(26)21(28,13-25)12-22-20(27)16-11-31-14-23-16/h4-5,8,11,14,19,26,28H,6-7,9-10,12-13H2,1-3H3,(H,22,27)/t19-,21+/m1/s1. The highest BCUT2D eigenvalue weighted by molar-refractivity contribution is 7.07. The van der Waals surface area contributed by atoms with Crippen LogP contribution >= 0.6 is 11.3 Å². The zero-order valence-electron chi connectivity index (χ0n) is 18.1. The minimum Gasteiger partial charge on any atom is -0.493 e. The molecule has 31 heavy (non-hydrogen) atoms. The molecule has 10 heteroatoms. The summed E-state index contributed by atoms with van der Waals surface area (Å²) in [6.07, 6.45) is -0.973. The predicted octanol–water partition coefficient (Wildman–Crippen LogP) is 0.430. The fraction of sp³-hybridized carbons (Fsp3) is 0.524. The maximum atomic E-state index is 12.1. The van der Waals surface area contributed by atoms with Crippen molar-refractivity contribution >= 4 is 17.2 Å². The van der Waals surface area contributed by atoms with Crippen molar-refractivity contribution in [3.05, 3.63) is 40.3 Å². The molecule has 2 heterocycles. The average Bonchev–Trinajstić information content (AvgIpc) is 3.36. The van der Waals surface area contributed by atoms with Gasteiger partial charge in [0.15, 0.2) is 11.5 Å². The smallest absolute Gasteiger partial charge is 0.270 e. The first-order valence-corrected chi connectivity index (χ1v) is 11.0. The van der Waals surface area contributed by atoms with Crippen LogP contribution in [0.4, 0.5) is 0 Å². The van der Waals surface area contributed by atoms with Gasteiger partial charge in [-0.15, -0.1) is 11.3 Å². The lowest BCUT2D eigenvalue weighted by molar-refractivity contribution is -0.0377. The second kappa shape index (κ2) is 10.4. The third-order valence-corrected chi connectivity index (χ3v) is 5.79. The van der Waals surface area contributed by atoms with Gasteiger partial charge in [-0.25, -0.2) is 4.98 Å². The largest absolute Gasteiger partial charge is 0.493 e. The Bertz CT molecular complexity index is 863. The molecule has 1 amide bonds. The number of likely N-dealkylation sites (tertiary alicyclic amines) is 1. The Morgan fingerprint density at radius 1 is 1.42 bits per heavy atom. The van der Waals surface area contributed by atoms with Gasteiger partial charge in [0, 0.05) is 31.6 Å². The van der Waals surface area contributed by atoms with E-state index < -0.39 is 11.7 Å². The lowest BCUT2D eigenvalue weighted by atomic mass is 10.0. The summed E-state index contributed by atoms with van der Waals surface area (Å²) in [5.74, 6) is 0.951. The molecule has 1 aliphatic heterocycles. The number of hydrogen-bond donors (Lipinski definition) is 3. The molecule has 0 aliphatic carbocycles. The van der Waals surface area contributed by atoms with Gasteiger partial charge in [0.25, 0.3) is 5.91 Å². The van der Waals surface area contributed by atoms with E-state index in [1.54, 1.807) is 18.0 Å². The number of thiazole rings is 1. The van der Waals surface area contributed by atoms with Crippen LogP contribution in [-0.4, -0.2) is 96.6 Å². The third-order valence-electron chi connectivity index (χ3n) is 5.20. The highest BCUT2D eigenvalue weighted by Crippen LogP contribution is 2.30. The summed E-state index contributed by atoms with van der Waals surface area (Å²) in [5.41, 5.74) is 1.42. The Labute approximate surface area is 186 Å². The van der Waals surface area contributed by atoms with Gasteiger partial charge in [-0.2, -0.15) is 0 Å². The number of benzene rings is 1. The van der Waals surface area contributed by atoms with Crippen LogP contribution in [0.2, 0.25) is 0 Å². The molecule has 3 rings (SSSR count). The van der Waals surface area contributed by atoms with Gasteiger partial charge in [0.1, 0.15) is 17.9 Å². The Balaban J connectivity index is 1.57. The van der Waals surface area contributed by atoms with Crippen LogP contribution < -0.4 is 14.8 Å². The number of likely N-dealkylation sites (N-methyl/N-ethyl adjacent to an activating group) is 1. The van der Waals surface area contributed by atoms with Crippen molar-refractivity contribution in [2.75, 3.05) is 54.0 Å². The zero-order chi connectivity index (χ0) is 22.4. The maximum Gasteiger partial charge on any atom is 0.270 e. The van der Waals surface area contributed by atoms with Gasteiger partial charge in [0.05, 0.1) is 25.3 Å². The summed E-state index contributed by atoms with van der Waals surface area (Å²) in [6.45, 7) is 2.35. The number of aliphatic hydroxyl groups is 2. The van der Waals surface area contributed by atoms with E-state index in [0.717, 1.165) is 12.1 Å². The van der Waals surface area contributed by atoms with Crippen LogP contribution in [0.3, 0.4) is 0 Å². The minimum atomic E-state index is -1.43. The van der Waals surface area contributed by atoms with Crippen LogP contribution in [0, 0.1) is 0 Å². The van der Waals surface area contributed by atoms with Crippen LogP contribution in [-0.2, 0) is 6.54 Å². The molecule has 1 saturated heterocycles. The van der Waals surface area contributed by atoms with Crippen molar-refractivity contribution in [1.29, 1.82) is 0 Å². The Morgan fingerprint density at radius 2 is 2.23 bits per heavy atom. The van der Waals surface area contributed by atoms with Gasteiger partial charge in [-0.1, -0.05) is 6.07 Å². The van der Waals surface area contributed by atoms with E-state index in [1.165, 1.54) is 11.3 Å². The number of nitrogens with zero attached hydrogens (tertiary/aromatic N) is 3. The Kier molecular flexibility index (Phi) is 7.84. The molecule has 0 bridgehead atoms. The zero-order valence-corrected chi connectivity index (χ0v) is 18.9. The molecular formula is C21H30N4O5S. The Morgan fingerprint density at radius 3 is 2.90 bits per heavy atom. The normalized spacial score (nSPS) is 21.4. The summed E-state index contributed by atoms with van der Waals surface area (Å²) in [6, 6.07) is 5.72. The number of methoxy groups -OCH3 is 1. The Hall–Kier alpha value is -2.24. The molecule has 1 aromatic heterocycles. The highest BCUT2D eigenvalue weighted by atomic mass is 32.1. The topological polar surface area (TPSA) is 107 Å². The van der Waals surface area contributed by atoms with Crippen molar-refractivity contribution in [2.24, 2.45) is 0 Å². The van der Waals surface area contributed by atoms with E-state index in [2.05, 4.69) is 10.3 Å². The average molecular weight is 451 g/mol. The first-order chi connectivity index (χ1) is 14.8. The predicted molar refractivity (Wildman–Crippen MR) is 118 cm³/mol. The molecule has 3 N–H and O–H groups in total. The van der Waals surface area contributed by atoms with Gasteiger partial charge in [0.2, 0.25) is 0 Å². The maximum absolute atomic E-state index is 12.1. The van der Waals surface area contributed by atoms with E-state index >= 15 is 0 Å². The summed E-state index contributed by atoms with van der Waals surface area (Å²) in [4.78, 5) is 20.0. The van der Waals surface area contributed by atoms with E-state index in [9.17, 15) is 15.0 Å². The molecule has 1 aromatic carbocycles. The van der Waals surface area contributed by atoms with Crippen LogP contribution in [0.15, 0.2) is 29.1 Å². The number of amides is 1. The summed E-state index contributed by atoms with van der Waals surface area (Å²) >= 11 is 1.32. The van der Waals surface area contributed by atoms with Crippen molar-refractivity contribution < 1.29 is 24.5 Å². The number of aliphatic hydroxyl groups excluding tert-OH is 1. The molecule has 9 nitrogen and oxygen atoms in total. The van der Waals surface area contributed by atoms with Crippen molar-refractivity contribution in [1.82, 2.24) is 20.1 Å². The summed E-state index contributed by atoms with van der Waals surface area (Å²) in [7, 11) is 5.57. The first kappa shape index (κ1) is 23.4. The molecule has 2 atom stereocenters. The quantitative estimate of drug-likeness (QED) is 0.478. The summed E-state index contributed by atoms with van der Waals surface area (Å²) in [5, 5.41) is 25.6. The molecule has 170 valence electrons. The molecule has 2 aromatic rings. The van der Waals surface area contributed by atoms with E-state index in [1.807, 2.05) is 42.1 Å². The van der Waals surface area contributed by atoms with Gasteiger partial charge >= 0.3 is 0 Å². The van der Waals surface area contributed by atoms with E-state index in [0.29, 0.717) is 36.9 Å². The third kappa shape index (κ3) is 6.14. The molecule has 0 spiro atoms. The number of carbonyl (C=O) groups is 1. The van der Waals surface area contributed by atoms with Crippen molar-refractivity contribution in [3.63, 3.8) is 0 Å². The van der Waals surface area contributed by atoms with Crippen molar-refractivity contribution in [3.8, 4) is 11.5 Å². The first-order valence-electron chi connectivity index (χ1n) is 10.0. The fourth-order valence-electron chi connectivity index (χ4n) is 3.44. The number of β-amino-alcohol motifs (C(OH)–C–C–N with tert-alkyl or cyclic N) is 2. The molecule has 0 saturated carbocycles. The fourth-order valence-corrected chi connectivity index (χ4v) is 3.97. The van der Waals surface area contributed by atoms with Crippen LogP contribution in [0.25, 0.3) is 0 Å². The lowest BCUT2D eigenvalue weighted by Gasteiger charge is -2.26. The number of nitrogens with one attached hydrogen (secondary N) is 1.